The minimum Gasteiger partial charge on any atom is -0.369 e. The van der Waals surface area contributed by atoms with Crippen LogP contribution in [0.3, 0.4) is 0 Å². The molecule has 35 heavy (non-hydrogen) atoms. The van der Waals surface area contributed by atoms with Gasteiger partial charge in [0.25, 0.3) is 5.91 Å². The van der Waals surface area contributed by atoms with Crippen LogP contribution in [0.4, 0.5) is 10.1 Å². The van der Waals surface area contributed by atoms with Gasteiger partial charge in [-0.2, -0.15) is 0 Å². The van der Waals surface area contributed by atoms with Crippen LogP contribution in [0.5, 0.6) is 0 Å². The highest BCUT2D eigenvalue weighted by molar-refractivity contribution is 9.10. The summed E-state index contributed by atoms with van der Waals surface area (Å²) < 4.78 is 17.3. The van der Waals surface area contributed by atoms with Crippen LogP contribution >= 0.6 is 15.9 Å². The van der Waals surface area contributed by atoms with Crippen LogP contribution in [0.1, 0.15) is 47.3 Å². The number of carbonyl (C=O) groups is 1. The maximum absolute atomic E-state index is 14.7. The molecular weight excluding hydrogens is 507 g/mol. The van der Waals surface area contributed by atoms with E-state index in [1.807, 2.05) is 39.9 Å². The van der Waals surface area contributed by atoms with Gasteiger partial charge >= 0.3 is 0 Å². The van der Waals surface area contributed by atoms with Gasteiger partial charge in [-0.3, -0.25) is 4.79 Å². The Labute approximate surface area is 212 Å². The molecule has 2 aromatic heterocycles. The first-order chi connectivity index (χ1) is 17.0. The smallest absolute Gasteiger partial charge is 0.255 e. The Morgan fingerprint density at radius 3 is 2.66 bits per heavy atom. The van der Waals surface area contributed by atoms with E-state index in [0.717, 1.165) is 43.7 Å². The standard InChI is InChI=1S/C28H26BrFN4O/c1-18-22-7-3-2-6-19(22)10-13-34(18)28(35)20-14-26(32-11-4-5-12-32)27-31-25(17-33(27)16-20)23-9-8-21(29)15-24(23)30/h2-3,6-9,14-18H,4-5,10-13H2,1H3/t18-/m1/s1. The molecule has 2 aromatic carbocycles. The number of anilines is 1. The fourth-order valence-electron chi connectivity index (χ4n) is 5.43. The fourth-order valence-corrected chi connectivity index (χ4v) is 5.76. The van der Waals surface area contributed by atoms with E-state index in [1.54, 1.807) is 6.07 Å². The molecule has 1 fully saturated rings. The number of hydrogen-bond acceptors (Lipinski definition) is 3. The van der Waals surface area contributed by atoms with Crippen molar-refractivity contribution in [2.24, 2.45) is 0 Å². The molecule has 5 nitrogen and oxygen atoms in total. The van der Waals surface area contributed by atoms with E-state index in [9.17, 15) is 9.18 Å². The number of nitrogens with zero attached hydrogens (tertiary/aromatic N) is 4. The van der Waals surface area contributed by atoms with Crippen molar-refractivity contribution in [3.05, 3.63) is 87.9 Å². The van der Waals surface area contributed by atoms with Crippen molar-refractivity contribution in [1.29, 1.82) is 0 Å². The Morgan fingerprint density at radius 2 is 1.86 bits per heavy atom. The minimum atomic E-state index is -0.331. The van der Waals surface area contributed by atoms with Crippen LogP contribution in [-0.2, 0) is 6.42 Å². The second-order valence-corrected chi connectivity index (χ2v) is 10.3. The van der Waals surface area contributed by atoms with Gasteiger partial charge in [-0.25, -0.2) is 9.37 Å². The third-order valence-corrected chi connectivity index (χ3v) is 7.78. The second kappa shape index (κ2) is 8.79. The largest absolute Gasteiger partial charge is 0.369 e. The number of amides is 1. The molecule has 0 spiro atoms. The Morgan fingerprint density at radius 1 is 1.06 bits per heavy atom. The van der Waals surface area contributed by atoms with E-state index in [0.29, 0.717) is 27.8 Å². The van der Waals surface area contributed by atoms with Crippen LogP contribution in [0, 0.1) is 5.82 Å². The summed E-state index contributed by atoms with van der Waals surface area (Å²) >= 11 is 3.32. The van der Waals surface area contributed by atoms with Gasteiger partial charge in [-0.15, -0.1) is 0 Å². The summed E-state index contributed by atoms with van der Waals surface area (Å²) in [6.07, 6.45) is 6.74. The Bertz CT molecular complexity index is 1440. The van der Waals surface area contributed by atoms with Crippen molar-refractivity contribution < 1.29 is 9.18 Å². The molecule has 4 heterocycles. The van der Waals surface area contributed by atoms with Crippen LogP contribution in [0.25, 0.3) is 16.9 Å². The molecular formula is C28H26BrFN4O. The maximum atomic E-state index is 14.7. The lowest BCUT2D eigenvalue weighted by Gasteiger charge is -2.35. The fraction of sp³-hybridized carbons (Fsp3) is 0.286. The summed E-state index contributed by atoms with van der Waals surface area (Å²) in [6, 6.07) is 15.3. The van der Waals surface area contributed by atoms with Crippen LogP contribution in [0.2, 0.25) is 0 Å². The minimum absolute atomic E-state index is 0.00796. The molecule has 0 saturated carbocycles. The van der Waals surface area contributed by atoms with Gasteiger partial charge in [-0.1, -0.05) is 40.2 Å². The third kappa shape index (κ3) is 3.92. The van der Waals surface area contributed by atoms with Crippen LogP contribution in [0.15, 0.2) is 65.4 Å². The summed E-state index contributed by atoms with van der Waals surface area (Å²) in [5.74, 6) is -0.318. The topological polar surface area (TPSA) is 40.9 Å². The molecule has 6 rings (SSSR count). The summed E-state index contributed by atoms with van der Waals surface area (Å²) in [5, 5.41) is 0. The molecule has 0 radical (unpaired) electrons. The number of benzene rings is 2. The third-order valence-electron chi connectivity index (χ3n) is 7.29. The lowest BCUT2D eigenvalue weighted by Crippen LogP contribution is -2.39. The average molecular weight is 533 g/mol. The molecule has 4 aromatic rings. The van der Waals surface area contributed by atoms with Gasteiger partial charge in [-0.05, 0) is 61.6 Å². The van der Waals surface area contributed by atoms with Crippen LogP contribution in [-0.4, -0.2) is 39.8 Å². The highest BCUT2D eigenvalue weighted by Gasteiger charge is 2.29. The van der Waals surface area contributed by atoms with E-state index in [4.69, 9.17) is 4.98 Å². The first-order valence-electron chi connectivity index (χ1n) is 12.1. The normalized spacial score (nSPS) is 17.7. The number of imidazole rings is 1. The van der Waals surface area contributed by atoms with E-state index in [1.165, 1.54) is 17.2 Å². The number of carbonyl (C=O) groups excluding carboxylic acids is 1. The van der Waals surface area contributed by atoms with E-state index >= 15 is 0 Å². The molecule has 0 unspecified atom stereocenters. The molecule has 2 aliphatic heterocycles. The van der Waals surface area contributed by atoms with Gasteiger partial charge < -0.3 is 14.2 Å². The van der Waals surface area contributed by atoms with Gasteiger partial charge in [0.05, 0.1) is 23.0 Å². The number of hydrogen-bond donors (Lipinski definition) is 0. The number of aromatic nitrogens is 2. The van der Waals surface area contributed by atoms with Gasteiger partial charge in [0.1, 0.15) is 5.82 Å². The van der Waals surface area contributed by atoms with Crippen LogP contribution < -0.4 is 4.90 Å². The predicted molar refractivity (Wildman–Crippen MR) is 139 cm³/mol. The number of pyridine rings is 1. The van der Waals surface area contributed by atoms with E-state index in [-0.39, 0.29) is 17.8 Å². The highest BCUT2D eigenvalue weighted by atomic mass is 79.9. The SMILES string of the molecule is C[C@@H]1c2ccccc2CCN1C(=O)c1cc(N2CCCC2)c2nc(-c3ccc(Br)cc3F)cn2c1. The zero-order valence-corrected chi connectivity index (χ0v) is 21.1. The second-order valence-electron chi connectivity index (χ2n) is 9.41. The van der Waals surface area contributed by atoms with Crippen molar-refractivity contribution in [2.45, 2.75) is 32.2 Å². The Balaban J connectivity index is 1.44. The van der Waals surface area contributed by atoms with Crippen molar-refractivity contribution in [3.8, 4) is 11.3 Å². The van der Waals surface area contributed by atoms with E-state index < -0.39 is 0 Å². The van der Waals surface area contributed by atoms with Crippen molar-refractivity contribution in [1.82, 2.24) is 14.3 Å². The summed E-state index contributed by atoms with van der Waals surface area (Å²) in [7, 11) is 0. The molecule has 2 aliphatic rings. The van der Waals surface area contributed by atoms with Gasteiger partial charge in [0.15, 0.2) is 5.65 Å². The molecule has 7 heteroatoms. The van der Waals surface area contributed by atoms with E-state index in [2.05, 4.69) is 46.0 Å². The number of rotatable bonds is 3. The van der Waals surface area contributed by atoms with Gasteiger partial charge in [0.2, 0.25) is 0 Å². The highest BCUT2D eigenvalue weighted by Crippen LogP contribution is 2.34. The molecule has 0 N–H and O–H groups in total. The lowest BCUT2D eigenvalue weighted by molar-refractivity contribution is 0.0677. The van der Waals surface area contributed by atoms with Crippen molar-refractivity contribution in [3.63, 3.8) is 0 Å². The Hall–Kier alpha value is -3.19. The molecule has 178 valence electrons. The average Bonchev–Trinajstić information content (AvgIpc) is 3.54. The summed E-state index contributed by atoms with van der Waals surface area (Å²) in [5.41, 5.74) is 5.83. The molecule has 1 saturated heterocycles. The zero-order valence-electron chi connectivity index (χ0n) is 19.5. The number of fused-ring (bicyclic) bond motifs is 2. The Kier molecular flexibility index (Phi) is 5.60. The maximum Gasteiger partial charge on any atom is 0.255 e. The quantitative estimate of drug-likeness (QED) is 0.312. The molecule has 1 atom stereocenters. The first kappa shape index (κ1) is 22.3. The monoisotopic (exact) mass is 532 g/mol. The molecule has 0 aliphatic carbocycles. The summed E-state index contributed by atoms with van der Waals surface area (Å²) in [4.78, 5) is 22.9. The molecule has 1 amide bonds. The van der Waals surface area contributed by atoms with Crippen molar-refractivity contribution >= 4 is 33.2 Å². The lowest BCUT2D eigenvalue weighted by atomic mass is 9.93. The van der Waals surface area contributed by atoms with Gasteiger partial charge in [0, 0.05) is 42.1 Å². The summed E-state index contributed by atoms with van der Waals surface area (Å²) in [6.45, 7) is 4.64. The first-order valence-corrected chi connectivity index (χ1v) is 12.9. The predicted octanol–water partition coefficient (Wildman–Crippen LogP) is 6.26. The molecule has 0 bridgehead atoms. The number of halogens is 2. The van der Waals surface area contributed by atoms with Crippen molar-refractivity contribution in [2.75, 3.05) is 24.5 Å². The zero-order chi connectivity index (χ0) is 24.1.